The molecule has 0 atom stereocenters. The molecular formula is C18H30N2O4. The zero-order valence-corrected chi connectivity index (χ0v) is 14.4. The summed E-state index contributed by atoms with van der Waals surface area (Å²) in [6, 6.07) is 0. The first kappa shape index (κ1) is 17.7. The van der Waals surface area contributed by atoms with Gasteiger partial charge in [-0.15, -0.1) is 0 Å². The molecule has 1 aliphatic heterocycles. The van der Waals surface area contributed by atoms with Gasteiger partial charge in [0, 0.05) is 38.0 Å². The van der Waals surface area contributed by atoms with Gasteiger partial charge in [-0.25, -0.2) is 0 Å². The van der Waals surface area contributed by atoms with Gasteiger partial charge in [0.15, 0.2) is 0 Å². The van der Waals surface area contributed by atoms with E-state index >= 15 is 0 Å². The maximum atomic E-state index is 12.6. The van der Waals surface area contributed by atoms with E-state index < -0.39 is 0 Å². The fraction of sp³-hybridized carbons (Fsp3) is 0.889. The normalized spacial score (nSPS) is 34.9. The highest BCUT2D eigenvalue weighted by atomic mass is 16.3. The lowest BCUT2D eigenvalue weighted by Gasteiger charge is -2.39. The van der Waals surface area contributed by atoms with E-state index in [-0.39, 0.29) is 35.9 Å². The predicted octanol–water partition coefficient (Wildman–Crippen LogP) is 0.759. The molecule has 3 aliphatic rings. The highest BCUT2D eigenvalue weighted by Gasteiger charge is 2.34. The smallest absolute Gasteiger partial charge is 0.225 e. The number of hydrogen-bond acceptors (Lipinski definition) is 4. The molecule has 6 heteroatoms. The Balaban J connectivity index is 1.45. The van der Waals surface area contributed by atoms with Crippen LogP contribution in [0.15, 0.2) is 0 Å². The van der Waals surface area contributed by atoms with Crippen molar-refractivity contribution < 1.29 is 19.8 Å². The molecule has 2 N–H and O–H groups in total. The van der Waals surface area contributed by atoms with Gasteiger partial charge in [0.1, 0.15) is 0 Å². The summed E-state index contributed by atoms with van der Waals surface area (Å²) < 4.78 is 0. The van der Waals surface area contributed by atoms with Crippen molar-refractivity contribution in [2.24, 2.45) is 11.8 Å². The minimum Gasteiger partial charge on any atom is -0.393 e. The molecule has 0 spiro atoms. The molecule has 24 heavy (non-hydrogen) atoms. The van der Waals surface area contributed by atoms with Crippen LogP contribution in [0.5, 0.6) is 0 Å². The Kier molecular flexibility index (Phi) is 5.76. The Hall–Kier alpha value is -1.14. The highest BCUT2D eigenvalue weighted by Crippen LogP contribution is 2.28. The average molecular weight is 338 g/mol. The fourth-order valence-electron chi connectivity index (χ4n) is 4.31. The van der Waals surface area contributed by atoms with Gasteiger partial charge in [-0.1, -0.05) is 0 Å². The molecule has 0 aromatic rings. The van der Waals surface area contributed by atoms with Crippen LogP contribution in [0.25, 0.3) is 0 Å². The summed E-state index contributed by atoms with van der Waals surface area (Å²) in [7, 11) is 0. The van der Waals surface area contributed by atoms with Gasteiger partial charge >= 0.3 is 0 Å². The molecule has 6 nitrogen and oxygen atoms in total. The molecule has 1 saturated heterocycles. The lowest BCUT2D eigenvalue weighted by atomic mass is 9.86. The zero-order valence-electron chi connectivity index (χ0n) is 14.4. The van der Waals surface area contributed by atoms with Crippen molar-refractivity contribution in [3.05, 3.63) is 0 Å². The molecular weight excluding hydrogens is 308 g/mol. The highest BCUT2D eigenvalue weighted by molar-refractivity contribution is 5.81. The van der Waals surface area contributed by atoms with Crippen molar-refractivity contribution in [3.8, 4) is 0 Å². The Labute approximate surface area is 143 Å². The second kappa shape index (κ2) is 7.83. The average Bonchev–Trinajstić information content (AvgIpc) is 2.62. The summed E-state index contributed by atoms with van der Waals surface area (Å²) in [6.45, 7) is 2.50. The Bertz CT molecular complexity index is 404. The first-order valence-electron chi connectivity index (χ1n) is 9.48. The van der Waals surface area contributed by atoms with Crippen LogP contribution in [0.3, 0.4) is 0 Å². The van der Waals surface area contributed by atoms with E-state index in [0.29, 0.717) is 26.2 Å². The van der Waals surface area contributed by atoms with Crippen LogP contribution in [0.1, 0.15) is 51.4 Å². The molecule has 1 heterocycles. The molecule has 0 bridgehead atoms. The monoisotopic (exact) mass is 338 g/mol. The number of carbonyl (C=O) groups is 2. The number of hydrogen-bond donors (Lipinski definition) is 2. The van der Waals surface area contributed by atoms with Crippen molar-refractivity contribution >= 4 is 11.8 Å². The van der Waals surface area contributed by atoms with Gasteiger partial charge < -0.3 is 20.0 Å². The zero-order chi connectivity index (χ0) is 17.1. The predicted molar refractivity (Wildman–Crippen MR) is 89.1 cm³/mol. The fourth-order valence-corrected chi connectivity index (χ4v) is 4.31. The molecule has 2 aliphatic carbocycles. The van der Waals surface area contributed by atoms with Crippen LogP contribution in [0.4, 0.5) is 0 Å². The van der Waals surface area contributed by atoms with E-state index in [4.69, 9.17) is 0 Å². The topological polar surface area (TPSA) is 81.1 Å². The van der Waals surface area contributed by atoms with E-state index in [0.717, 1.165) is 51.4 Å². The second-order valence-corrected chi connectivity index (χ2v) is 7.66. The van der Waals surface area contributed by atoms with Crippen LogP contribution in [-0.4, -0.2) is 70.2 Å². The van der Waals surface area contributed by atoms with E-state index in [9.17, 15) is 19.8 Å². The van der Waals surface area contributed by atoms with Crippen LogP contribution in [-0.2, 0) is 9.59 Å². The lowest BCUT2D eigenvalue weighted by molar-refractivity contribution is -0.145. The van der Waals surface area contributed by atoms with Crippen molar-refractivity contribution in [2.45, 2.75) is 63.6 Å². The molecule has 0 aromatic heterocycles. The molecule has 136 valence electrons. The van der Waals surface area contributed by atoms with Crippen LogP contribution >= 0.6 is 0 Å². The molecule has 0 aromatic carbocycles. The minimum absolute atomic E-state index is 0.0514. The molecule has 2 saturated carbocycles. The first-order chi connectivity index (χ1) is 11.5. The van der Waals surface area contributed by atoms with E-state index in [1.165, 1.54) is 0 Å². The van der Waals surface area contributed by atoms with Crippen LogP contribution in [0, 0.1) is 11.8 Å². The van der Waals surface area contributed by atoms with E-state index in [1.807, 2.05) is 9.80 Å². The summed E-state index contributed by atoms with van der Waals surface area (Å²) >= 11 is 0. The summed E-state index contributed by atoms with van der Waals surface area (Å²) in [5, 5.41) is 19.1. The number of piperazine rings is 1. The summed E-state index contributed by atoms with van der Waals surface area (Å²) in [5.74, 6) is 0.510. The number of carbonyl (C=O) groups excluding carboxylic acids is 2. The van der Waals surface area contributed by atoms with Crippen molar-refractivity contribution in [2.75, 3.05) is 26.2 Å². The Morgan fingerprint density at radius 2 is 0.875 bits per heavy atom. The van der Waals surface area contributed by atoms with Gasteiger partial charge in [0.05, 0.1) is 12.2 Å². The lowest BCUT2D eigenvalue weighted by Crippen LogP contribution is -2.53. The van der Waals surface area contributed by atoms with Gasteiger partial charge in [0.2, 0.25) is 11.8 Å². The third-order valence-electron chi connectivity index (χ3n) is 5.99. The van der Waals surface area contributed by atoms with Gasteiger partial charge in [-0.05, 0) is 51.4 Å². The Morgan fingerprint density at radius 1 is 0.583 bits per heavy atom. The summed E-state index contributed by atoms with van der Waals surface area (Å²) in [5.41, 5.74) is 0. The van der Waals surface area contributed by atoms with Gasteiger partial charge in [0.25, 0.3) is 0 Å². The minimum atomic E-state index is -0.238. The molecule has 0 radical (unpaired) electrons. The van der Waals surface area contributed by atoms with Crippen LogP contribution < -0.4 is 0 Å². The van der Waals surface area contributed by atoms with Crippen molar-refractivity contribution in [3.63, 3.8) is 0 Å². The summed E-state index contributed by atoms with van der Waals surface area (Å²) in [4.78, 5) is 29.0. The number of amides is 2. The number of aliphatic hydroxyl groups excluding tert-OH is 2. The molecule has 3 fully saturated rings. The Morgan fingerprint density at radius 3 is 1.17 bits per heavy atom. The number of rotatable bonds is 2. The number of nitrogens with zero attached hydrogens (tertiary/aromatic N) is 2. The van der Waals surface area contributed by atoms with Crippen molar-refractivity contribution in [1.82, 2.24) is 9.80 Å². The maximum absolute atomic E-state index is 12.6. The number of aliphatic hydroxyl groups is 2. The van der Waals surface area contributed by atoms with Gasteiger partial charge in [-0.3, -0.25) is 9.59 Å². The quantitative estimate of drug-likeness (QED) is 0.779. The maximum Gasteiger partial charge on any atom is 0.225 e. The third-order valence-corrected chi connectivity index (χ3v) is 5.99. The second-order valence-electron chi connectivity index (χ2n) is 7.66. The molecule has 0 unspecified atom stereocenters. The SMILES string of the molecule is O=C(C1CCC(O)CC1)N1CCN(C(=O)C2CCC(O)CC2)CC1. The summed E-state index contributed by atoms with van der Waals surface area (Å²) in [6.07, 6.45) is 5.55. The van der Waals surface area contributed by atoms with E-state index in [1.54, 1.807) is 0 Å². The molecule has 2 amide bonds. The third kappa shape index (κ3) is 4.09. The van der Waals surface area contributed by atoms with E-state index in [2.05, 4.69) is 0 Å². The largest absolute Gasteiger partial charge is 0.393 e. The first-order valence-corrected chi connectivity index (χ1v) is 9.48. The van der Waals surface area contributed by atoms with Gasteiger partial charge in [-0.2, -0.15) is 0 Å². The standard InChI is InChI=1S/C18H30N2O4/c21-15-5-1-13(2-6-15)17(23)19-9-11-20(12-10-19)18(24)14-3-7-16(22)8-4-14/h13-16,21-22H,1-12H2. The van der Waals surface area contributed by atoms with Crippen molar-refractivity contribution in [1.29, 1.82) is 0 Å². The van der Waals surface area contributed by atoms with Crippen LogP contribution in [0.2, 0.25) is 0 Å². The molecule has 3 rings (SSSR count).